The first kappa shape index (κ1) is 24.3. The summed E-state index contributed by atoms with van der Waals surface area (Å²) < 4.78 is 29.5. The molecule has 1 amide bonds. The van der Waals surface area contributed by atoms with E-state index in [9.17, 15) is 13.2 Å². The summed E-state index contributed by atoms with van der Waals surface area (Å²) in [5, 5.41) is 7.89. The number of carbonyl (C=O) groups excluding carboxylic acids is 1. The quantitative estimate of drug-likeness (QED) is 0.510. The molecule has 7 nitrogen and oxygen atoms in total. The van der Waals surface area contributed by atoms with Crippen LogP contribution >= 0.6 is 23.2 Å². The Bertz CT molecular complexity index is 1260. The maximum Gasteiger partial charge on any atom is 0.257 e. The van der Waals surface area contributed by atoms with Crippen molar-refractivity contribution < 1.29 is 13.2 Å². The molecule has 0 aliphatic heterocycles. The lowest BCUT2D eigenvalue weighted by molar-refractivity contribution is 0.102. The van der Waals surface area contributed by atoms with Gasteiger partial charge < -0.3 is 5.32 Å². The van der Waals surface area contributed by atoms with Crippen molar-refractivity contribution in [2.75, 3.05) is 5.32 Å². The van der Waals surface area contributed by atoms with Crippen molar-refractivity contribution in [1.29, 1.82) is 0 Å². The fraction of sp³-hybridized carbons (Fsp3) is 0.273. The first-order valence-electron chi connectivity index (χ1n) is 9.78. The molecule has 1 aromatic heterocycles. The van der Waals surface area contributed by atoms with Gasteiger partial charge in [-0.15, -0.1) is 0 Å². The van der Waals surface area contributed by atoms with Crippen molar-refractivity contribution in [1.82, 2.24) is 14.5 Å². The second-order valence-corrected chi connectivity index (χ2v) is 10.8. The minimum absolute atomic E-state index is 0.0161. The topological polar surface area (TPSA) is 93.1 Å². The Kier molecular flexibility index (Phi) is 7.00. The lowest BCUT2D eigenvalue weighted by atomic mass is 10.1. The molecular weight excluding hydrogens is 471 g/mol. The number of carbonyl (C=O) groups is 1. The van der Waals surface area contributed by atoms with E-state index in [-0.39, 0.29) is 10.5 Å². The van der Waals surface area contributed by atoms with Crippen molar-refractivity contribution in [3.63, 3.8) is 0 Å². The van der Waals surface area contributed by atoms with E-state index in [1.807, 2.05) is 6.07 Å². The lowest BCUT2D eigenvalue weighted by Crippen LogP contribution is -2.40. The summed E-state index contributed by atoms with van der Waals surface area (Å²) in [5.74, 6) is -0.0132. The highest BCUT2D eigenvalue weighted by molar-refractivity contribution is 7.89. The van der Waals surface area contributed by atoms with Crippen LogP contribution in [0.5, 0.6) is 0 Å². The molecule has 0 radical (unpaired) electrons. The van der Waals surface area contributed by atoms with E-state index >= 15 is 0 Å². The van der Waals surface area contributed by atoms with Crippen molar-refractivity contribution in [2.24, 2.45) is 0 Å². The van der Waals surface area contributed by atoms with Gasteiger partial charge >= 0.3 is 0 Å². The Balaban J connectivity index is 1.86. The van der Waals surface area contributed by atoms with Crippen LogP contribution in [0.25, 0.3) is 0 Å². The Hall–Kier alpha value is -2.39. The number of anilines is 1. The highest BCUT2D eigenvalue weighted by atomic mass is 35.5. The van der Waals surface area contributed by atoms with Crippen LogP contribution in [-0.2, 0) is 16.6 Å². The van der Waals surface area contributed by atoms with Crippen LogP contribution in [0.4, 0.5) is 5.82 Å². The van der Waals surface area contributed by atoms with Gasteiger partial charge in [0.2, 0.25) is 10.0 Å². The molecule has 3 rings (SSSR count). The molecule has 0 spiro atoms. The third-order valence-corrected chi connectivity index (χ3v) is 7.13. The molecule has 2 aromatic carbocycles. The normalized spacial score (nSPS) is 12.1. The minimum Gasteiger partial charge on any atom is -0.307 e. The number of aromatic nitrogens is 2. The number of amides is 1. The maximum atomic E-state index is 13.0. The average Bonchev–Trinajstić information content (AvgIpc) is 3.10. The number of sulfonamides is 1. The van der Waals surface area contributed by atoms with Gasteiger partial charge in [-0.3, -0.25) is 4.79 Å². The highest BCUT2D eigenvalue weighted by Gasteiger charge is 2.24. The van der Waals surface area contributed by atoms with Crippen molar-refractivity contribution >= 4 is 45.0 Å². The third-order valence-electron chi connectivity index (χ3n) is 4.51. The fourth-order valence-electron chi connectivity index (χ4n) is 3.06. The summed E-state index contributed by atoms with van der Waals surface area (Å²) in [6.45, 7) is 7.29. The highest BCUT2D eigenvalue weighted by Crippen LogP contribution is 2.27. The van der Waals surface area contributed by atoms with Gasteiger partial charge in [0.15, 0.2) is 0 Å². The van der Waals surface area contributed by atoms with E-state index in [4.69, 9.17) is 23.2 Å². The molecule has 0 fully saturated rings. The van der Waals surface area contributed by atoms with Gasteiger partial charge in [-0.25, -0.2) is 17.8 Å². The molecule has 0 bridgehead atoms. The Labute approximate surface area is 197 Å². The molecule has 0 saturated heterocycles. The molecule has 0 unspecified atom stereocenters. The first-order chi connectivity index (χ1) is 14.9. The summed E-state index contributed by atoms with van der Waals surface area (Å²) in [6, 6.07) is 11.4. The number of rotatable bonds is 6. The van der Waals surface area contributed by atoms with E-state index in [2.05, 4.69) is 15.1 Å². The molecule has 3 aromatic rings. The monoisotopic (exact) mass is 494 g/mol. The van der Waals surface area contributed by atoms with E-state index in [0.717, 1.165) is 5.56 Å². The predicted molar refractivity (Wildman–Crippen MR) is 127 cm³/mol. The van der Waals surface area contributed by atoms with Gasteiger partial charge in [-0.1, -0.05) is 41.4 Å². The van der Waals surface area contributed by atoms with Crippen LogP contribution in [0.2, 0.25) is 10.0 Å². The Morgan fingerprint density at radius 3 is 2.53 bits per heavy atom. The Morgan fingerprint density at radius 2 is 1.84 bits per heavy atom. The lowest BCUT2D eigenvalue weighted by Gasteiger charge is -2.20. The predicted octanol–water partition coefficient (Wildman–Crippen LogP) is 4.88. The van der Waals surface area contributed by atoms with Crippen LogP contribution in [0.3, 0.4) is 0 Å². The van der Waals surface area contributed by atoms with Crippen LogP contribution in [0, 0.1) is 6.92 Å². The molecule has 170 valence electrons. The van der Waals surface area contributed by atoms with Gasteiger partial charge in [0.25, 0.3) is 5.91 Å². The summed E-state index contributed by atoms with van der Waals surface area (Å²) in [6.07, 6.45) is 1.55. The first-order valence-corrected chi connectivity index (χ1v) is 12.0. The molecule has 0 aliphatic rings. The van der Waals surface area contributed by atoms with E-state index < -0.39 is 21.5 Å². The number of nitrogens with zero attached hydrogens (tertiary/aromatic N) is 2. The minimum atomic E-state index is -3.79. The summed E-state index contributed by atoms with van der Waals surface area (Å²) >= 11 is 12.3. The number of benzene rings is 2. The maximum absolute atomic E-state index is 13.0. The number of aryl methyl sites for hydroxylation is 1. The van der Waals surface area contributed by atoms with Crippen LogP contribution < -0.4 is 10.0 Å². The zero-order valence-corrected chi connectivity index (χ0v) is 20.4. The van der Waals surface area contributed by atoms with Gasteiger partial charge in [0, 0.05) is 17.2 Å². The second-order valence-electron chi connectivity index (χ2n) is 8.37. The fourth-order valence-corrected chi connectivity index (χ4v) is 4.88. The second kappa shape index (κ2) is 9.23. The van der Waals surface area contributed by atoms with Crippen molar-refractivity contribution in [2.45, 2.75) is 44.7 Å². The smallest absolute Gasteiger partial charge is 0.257 e. The summed E-state index contributed by atoms with van der Waals surface area (Å²) in [4.78, 5) is 13.0. The zero-order valence-electron chi connectivity index (χ0n) is 18.1. The van der Waals surface area contributed by atoms with E-state index in [0.29, 0.717) is 28.0 Å². The van der Waals surface area contributed by atoms with E-state index in [1.165, 1.54) is 12.1 Å². The van der Waals surface area contributed by atoms with Crippen LogP contribution in [-0.4, -0.2) is 29.6 Å². The summed E-state index contributed by atoms with van der Waals surface area (Å²) in [7, 11) is -3.79. The molecule has 32 heavy (non-hydrogen) atoms. The number of hydrogen-bond acceptors (Lipinski definition) is 4. The molecule has 1 heterocycles. The largest absolute Gasteiger partial charge is 0.307 e. The Morgan fingerprint density at radius 1 is 1.12 bits per heavy atom. The van der Waals surface area contributed by atoms with Crippen molar-refractivity contribution in [3.8, 4) is 0 Å². The number of nitrogens with one attached hydrogen (secondary N) is 2. The molecular formula is C22H24Cl2N4O3S. The molecule has 0 atom stereocenters. The average molecular weight is 495 g/mol. The van der Waals surface area contributed by atoms with Crippen LogP contribution in [0.1, 0.15) is 42.3 Å². The van der Waals surface area contributed by atoms with Crippen LogP contribution in [0.15, 0.2) is 53.6 Å². The standard InChI is InChI=1S/C22H24Cl2N4O3S/c1-14-8-9-16(32(30,31)27-22(2,3)4)12-17(14)21(29)26-19-10-11-25-28(19)13-15-6-5-7-18(23)20(15)24/h5-12,27H,13H2,1-4H3,(H,26,29). The van der Waals surface area contributed by atoms with E-state index in [1.54, 1.807) is 62.8 Å². The van der Waals surface area contributed by atoms with Gasteiger partial charge in [-0.2, -0.15) is 5.10 Å². The van der Waals surface area contributed by atoms with Gasteiger partial charge in [0.05, 0.1) is 27.7 Å². The number of hydrogen-bond donors (Lipinski definition) is 2. The van der Waals surface area contributed by atoms with Gasteiger partial charge in [0.1, 0.15) is 5.82 Å². The molecule has 2 N–H and O–H groups in total. The third kappa shape index (κ3) is 5.69. The van der Waals surface area contributed by atoms with Crippen molar-refractivity contribution in [3.05, 3.63) is 75.4 Å². The SMILES string of the molecule is Cc1ccc(S(=O)(=O)NC(C)(C)C)cc1C(=O)Nc1ccnn1Cc1cccc(Cl)c1Cl. The molecule has 0 aliphatic carbocycles. The summed E-state index contributed by atoms with van der Waals surface area (Å²) in [5.41, 5.74) is 0.979. The van der Waals surface area contributed by atoms with Gasteiger partial charge in [-0.05, 0) is 57.0 Å². The molecule has 0 saturated carbocycles. The molecule has 10 heteroatoms. The zero-order chi connectivity index (χ0) is 23.7. The number of halogens is 2.